The monoisotopic (exact) mass is 549 g/mol. The first-order valence-electron chi connectivity index (χ1n) is 12.6. The van der Waals surface area contributed by atoms with Crippen LogP contribution in [0, 0.1) is 0 Å². The number of ether oxygens (including phenoxy) is 1. The molecule has 0 saturated carbocycles. The van der Waals surface area contributed by atoms with Gasteiger partial charge in [0.25, 0.3) is 23.6 Å². The summed E-state index contributed by atoms with van der Waals surface area (Å²) in [6.07, 6.45) is 1.79. The maximum Gasteiger partial charge on any atom is 0.266 e. The van der Waals surface area contributed by atoms with Gasteiger partial charge in [0, 0.05) is 30.8 Å². The standard InChI is InChI=1S/C27H27N5O8/c33-15-30-17-8-6-16(7-9-17)24(36)29-13-2-1-12-28-22(35)14-40-20-5-3-4-18-23(20)27(39)32(26(18)38)19-10-11-21(34)31-25(19)37/h3-9,15,19H,1-2,10-14H2,(H,28,35)(H,29,36)(H,30,33)(H,31,34,37). The Morgan fingerprint density at radius 3 is 2.40 bits per heavy atom. The van der Waals surface area contributed by atoms with Crippen molar-refractivity contribution in [3.63, 3.8) is 0 Å². The molecule has 2 aliphatic heterocycles. The van der Waals surface area contributed by atoms with Crippen molar-refractivity contribution in [2.24, 2.45) is 0 Å². The number of rotatable bonds is 12. The van der Waals surface area contributed by atoms with E-state index in [1.807, 2.05) is 0 Å². The summed E-state index contributed by atoms with van der Waals surface area (Å²) in [4.78, 5) is 85.3. The fourth-order valence-electron chi connectivity index (χ4n) is 4.37. The fourth-order valence-corrected chi connectivity index (χ4v) is 4.37. The van der Waals surface area contributed by atoms with Gasteiger partial charge in [0.05, 0.1) is 11.1 Å². The van der Waals surface area contributed by atoms with Gasteiger partial charge in [-0.2, -0.15) is 0 Å². The second-order valence-electron chi connectivity index (χ2n) is 9.07. The van der Waals surface area contributed by atoms with Crippen LogP contribution in [-0.2, 0) is 19.2 Å². The van der Waals surface area contributed by atoms with Crippen molar-refractivity contribution in [2.45, 2.75) is 31.7 Å². The molecular formula is C27H27N5O8. The summed E-state index contributed by atoms with van der Waals surface area (Å²) >= 11 is 0. The maximum atomic E-state index is 13.1. The topological polar surface area (TPSA) is 180 Å². The van der Waals surface area contributed by atoms with Crippen molar-refractivity contribution < 1.29 is 38.3 Å². The predicted octanol–water partition coefficient (Wildman–Crippen LogP) is 0.361. The van der Waals surface area contributed by atoms with Gasteiger partial charge in [0.2, 0.25) is 18.2 Å². The molecule has 4 N–H and O–H groups in total. The van der Waals surface area contributed by atoms with E-state index < -0.39 is 42.2 Å². The van der Waals surface area contributed by atoms with Gasteiger partial charge < -0.3 is 20.7 Å². The number of carbonyl (C=O) groups excluding carboxylic acids is 7. The van der Waals surface area contributed by atoms with Crippen LogP contribution in [0.3, 0.4) is 0 Å². The second-order valence-corrected chi connectivity index (χ2v) is 9.07. The lowest BCUT2D eigenvalue weighted by Gasteiger charge is -2.27. The van der Waals surface area contributed by atoms with Crippen molar-refractivity contribution in [3.8, 4) is 5.75 Å². The maximum absolute atomic E-state index is 13.1. The summed E-state index contributed by atoms with van der Waals surface area (Å²) in [6, 6.07) is 9.74. The number of carbonyl (C=O) groups is 7. The van der Waals surface area contributed by atoms with Crippen LogP contribution in [0.4, 0.5) is 5.69 Å². The summed E-state index contributed by atoms with van der Waals surface area (Å²) in [6.45, 7) is 0.329. The van der Waals surface area contributed by atoms with E-state index >= 15 is 0 Å². The van der Waals surface area contributed by atoms with Crippen LogP contribution in [-0.4, -0.2) is 72.5 Å². The summed E-state index contributed by atoms with van der Waals surface area (Å²) in [7, 11) is 0. The molecule has 1 unspecified atom stereocenters. The largest absolute Gasteiger partial charge is 0.483 e. The molecule has 2 aliphatic rings. The number of hydrogen-bond acceptors (Lipinski definition) is 8. The third-order valence-electron chi connectivity index (χ3n) is 6.37. The van der Waals surface area contributed by atoms with Crippen molar-refractivity contribution >= 4 is 47.5 Å². The van der Waals surface area contributed by atoms with Gasteiger partial charge in [-0.25, -0.2) is 0 Å². The molecule has 2 aromatic rings. The van der Waals surface area contributed by atoms with E-state index in [9.17, 15) is 33.6 Å². The van der Waals surface area contributed by atoms with E-state index in [1.54, 1.807) is 24.3 Å². The molecule has 208 valence electrons. The number of anilines is 1. The molecule has 13 nitrogen and oxygen atoms in total. The highest BCUT2D eigenvalue weighted by atomic mass is 16.5. The number of imide groups is 2. The number of nitrogens with one attached hydrogen (secondary N) is 4. The Morgan fingerprint density at radius 1 is 0.975 bits per heavy atom. The highest BCUT2D eigenvalue weighted by Crippen LogP contribution is 2.33. The first-order valence-corrected chi connectivity index (χ1v) is 12.6. The van der Waals surface area contributed by atoms with Gasteiger partial charge in [0.1, 0.15) is 11.8 Å². The molecule has 1 atom stereocenters. The molecule has 0 radical (unpaired) electrons. The third-order valence-corrected chi connectivity index (χ3v) is 6.37. The lowest BCUT2D eigenvalue weighted by Crippen LogP contribution is -2.54. The van der Waals surface area contributed by atoms with E-state index in [2.05, 4.69) is 21.3 Å². The number of hydrogen-bond donors (Lipinski definition) is 4. The molecule has 2 aromatic carbocycles. The molecule has 40 heavy (non-hydrogen) atoms. The summed E-state index contributed by atoms with van der Waals surface area (Å²) < 4.78 is 5.54. The van der Waals surface area contributed by atoms with Crippen LogP contribution < -0.4 is 26.0 Å². The highest BCUT2D eigenvalue weighted by Gasteiger charge is 2.46. The number of nitrogens with zero attached hydrogens (tertiary/aromatic N) is 1. The molecule has 0 bridgehead atoms. The number of unbranched alkanes of at least 4 members (excludes halogenated alkanes) is 1. The molecule has 1 saturated heterocycles. The van der Waals surface area contributed by atoms with Crippen LogP contribution >= 0.6 is 0 Å². The molecular weight excluding hydrogens is 522 g/mol. The Kier molecular flexibility index (Phi) is 8.84. The number of amides is 7. The minimum absolute atomic E-state index is 0.00877. The average Bonchev–Trinajstić information content (AvgIpc) is 3.20. The first kappa shape index (κ1) is 28.0. The van der Waals surface area contributed by atoms with Gasteiger partial charge in [-0.15, -0.1) is 0 Å². The van der Waals surface area contributed by atoms with E-state index in [-0.39, 0.29) is 35.6 Å². The van der Waals surface area contributed by atoms with Crippen molar-refractivity contribution in [1.29, 1.82) is 0 Å². The molecule has 4 rings (SSSR count). The lowest BCUT2D eigenvalue weighted by atomic mass is 10.0. The quantitative estimate of drug-likeness (QED) is 0.166. The summed E-state index contributed by atoms with van der Waals surface area (Å²) in [5, 5.41) is 10.1. The zero-order chi connectivity index (χ0) is 28.6. The van der Waals surface area contributed by atoms with E-state index in [1.165, 1.54) is 18.2 Å². The van der Waals surface area contributed by atoms with Crippen LogP contribution in [0.1, 0.15) is 56.8 Å². The Morgan fingerprint density at radius 2 is 1.70 bits per heavy atom. The summed E-state index contributed by atoms with van der Waals surface area (Å²) in [5.41, 5.74) is 1.06. The SMILES string of the molecule is O=CNc1ccc(C(=O)NCCCCNC(=O)COc2cccc3c2C(=O)N(C2CCC(=O)NC2=O)C3=O)cc1. The second kappa shape index (κ2) is 12.7. The Labute approximate surface area is 228 Å². The van der Waals surface area contributed by atoms with Crippen LogP contribution in [0.2, 0.25) is 0 Å². The van der Waals surface area contributed by atoms with Crippen molar-refractivity contribution in [1.82, 2.24) is 20.9 Å². The van der Waals surface area contributed by atoms with Gasteiger partial charge in [-0.1, -0.05) is 6.07 Å². The molecule has 0 aromatic heterocycles. The van der Waals surface area contributed by atoms with E-state index in [4.69, 9.17) is 4.74 Å². The Hall–Kier alpha value is -5.07. The van der Waals surface area contributed by atoms with Gasteiger partial charge in [-0.05, 0) is 55.7 Å². The predicted molar refractivity (Wildman–Crippen MR) is 139 cm³/mol. The molecule has 7 amide bonds. The average molecular weight is 550 g/mol. The van der Waals surface area contributed by atoms with Crippen LogP contribution in [0.5, 0.6) is 5.75 Å². The first-order chi connectivity index (χ1) is 19.3. The van der Waals surface area contributed by atoms with Crippen LogP contribution in [0.15, 0.2) is 42.5 Å². The third kappa shape index (κ3) is 6.31. The van der Waals surface area contributed by atoms with E-state index in [0.717, 1.165) is 4.90 Å². The fraction of sp³-hybridized carbons (Fsp3) is 0.296. The zero-order valence-electron chi connectivity index (χ0n) is 21.4. The smallest absolute Gasteiger partial charge is 0.266 e. The zero-order valence-corrected chi connectivity index (χ0v) is 21.4. The minimum atomic E-state index is -1.10. The lowest BCUT2D eigenvalue weighted by molar-refractivity contribution is -0.136. The normalized spacial score (nSPS) is 16.2. The van der Waals surface area contributed by atoms with Gasteiger partial charge in [-0.3, -0.25) is 43.8 Å². The Balaban J connectivity index is 1.20. The molecule has 1 fully saturated rings. The molecule has 2 heterocycles. The number of benzene rings is 2. The highest BCUT2D eigenvalue weighted by molar-refractivity contribution is 6.24. The van der Waals surface area contributed by atoms with Crippen LogP contribution in [0.25, 0.3) is 0 Å². The van der Waals surface area contributed by atoms with Gasteiger partial charge in [0.15, 0.2) is 6.61 Å². The van der Waals surface area contributed by atoms with Gasteiger partial charge >= 0.3 is 0 Å². The van der Waals surface area contributed by atoms with E-state index in [0.29, 0.717) is 43.6 Å². The van der Waals surface area contributed by atoms with Crippen molar-refractivity contribution in [2.75, 3.05) is 25.0 Å². The number of piperidine rings is 1. The molecule has 13 heteroatoms. The molecule has 0 spiro atoms. The van der Waals surface area contributed by atoms with Crippen molar-refractivity contribution in [3.05, 3.63) is 59.2 Å². The minimum Gasteiger partial charge on any atom is -0.483 e. The Bertz CT molecular complexity index is 1360. The summed E-state index contributed by atoms with van der Waals surface area (Å²) in [5.74, 6) is -3.22. The molecule has 0 aliphatic carbocycles. The number of fused-ring (bicyclic) bond motifs is 1.